The zero-order chi connectivity index (χ0) is 20.8. The molecule has 0 amide bonds. The predicted octanol–water partition coefficient (Wildman–Crippen LogP) is 5.76. The molecule has 0 fully saturated rings. The van der Waals surface area contributed by atoms with Gasteiger partial charge in [0.05, 0.1) is 6.21 Å². The van der Waals surface area contributed by atoms with Crippen molar-refractivity contribution in [3.63, 3.8) is 0 Å². The molecule has 0 bridgehead atoms. The molecule has 6 nitrogen and oxygen atoms in total. The number of nitrogens with zero attached hydrogens (tertiary/aromatic N) is 3. The maximum Gasteiger partial charge on any atom is 0.252 e. The van der Waals surface area contributed by atoms with Crippen LogP contribution in [0, 0.1) is 18.3 Å². The van der Waals surface area contributed by atoms with E-state index in [1.54, 1.807) is 6.21 Å². The first-order valence-corrected chi connectivity index (χ1v) is 9.31. The van der Waals surface area contributed by atoms with Crippen molar-refractivity contribution in [1.29, 1.82) is 5.26 Å². The van der Waals surface area contributed by atoms with Gasteiger partial charge in [0.2, 0.25) is 11.6 Å². The molecule has 0 saturated heterocycles. The molecule has 1 N–H and O–H groups in total. The molecule has 1 aromatic heterocycles. The first kappa shape index (κ1) is 19.0. The minimum atomic E-state index is 0.142. The van der Waals surface area contributed by atoms with Crippen molar-refractivity contribution in [2.75, 3.05) is 5.43 Å². The lowest BCUT2D eigenvalue weighted by atomic mass is 10.1. The minimum Gasteiger partial charge on any atom is -0.457 e. The Bertz CT molecular complexity index is 1210. The number of hydrazone groups is 1. The quantitative estimate of drug-likeness (QED) is 0.332. The molecule has 1 heterocycles. The van der Waals surface area contributed by atoms with E-state index in [1.165, 1.54) is 0 Å². The lowest BCUT2D eigenvalue weighted by Gasteiger charge is -2.05. The summed E-state index contributed by atoms with van der Waals surface area (Å²) in [6, 6.07) is 26.8. The van der Waals surface area contributed by atoms with Crippen LogP contribution in [0.15, 0.2) is 88.4 Å². The van der Waals surface area contributed by atoms with Crippen LogP contribution in [0.1, 0.15) is 16.8 Å². The van der Waals surface area contributed by atoms with Gasteiger partial charge in [-0.05, 0) is 48.9 Å². The Hall–Kier alpha value is -4.37. The fourth-order valence-electron chi connectivity index (χ4n) is 2.74. The van der Waals surface area contributed by atoms with E-state index < -0.39 is 0 Å². The molecule has 30 heavy (non-hydrogen) atoms. The zero-order valence-corrected chi connectivity index (χ0v) is 16.2. The number of rotatable bonds is 6. The highest BCUT2D eigenvalue weighted by Crippen LogP contribution is 2.26. The van der Waals surface area contributed by atoms with Gasteiger partial charge in [-0.25, -0.2) is 5.43 Å². The fraction of sp³-hybridized carbons (Fsp3) is 0.0417. The summed E-state index contributed by atoms with van der Waals surface area (Å²) >= 11 is 0. The lowest BCUT2D eigenvalue weighted by Crippen LogP contribution is -1.92. The van der Waals surface area contributed by atoms with E-state index in [0.717, 1.165) is 22.4 Å². The van der Waals surface area contributed by atoms with Crippen LogP contribution in [0.25, 0.3) is 11.5 Å². The molecule has 0 spiro atoms. The van der Waals surface area contributed by atoms with Gasteiger partial charge in [-0.3, -0.25) is 0 Å². The number of aryl methyl sites for hydroxylation is 1. The topological polar surface area (TPSA) is 83.4 Å². The van der Waals surface area contributed by atoms with Crippen molar-refractivity contribution in [1.82, 2.24) is 4.98 Å². The van der Waals surface area contributed by atoms with Gasteiger partial charge in [-0.1, -0.05) is 48.0 Å². The molecule has 6 heteroatoms. The first-order valence-electron chi connectivity index (χ1n) is 9.31. The summed E-state index contributed by atoms with van der Waals surface area (Å²) in [6.45, 7) is 2.00. The van der Waals surface area contributed by atoms with Crippen LogP contribution < -0.4 is 10.2 Å². The summed E-state index contributed by atoms with van der Waals surface area (Å²) in [7, 11) is 0. The van der Waals surface area contributed by atoms with Gasteiger partial charge < -0.3 is 9.15 Å². The van der Waals surface area contributed by atoms with Crippen LogP contribution in [0.4, 0.5) is 5.88 Å². The molecule has 0 aliphatic heterocycles. The Kier molecular flexibility index (Phi) is 5.54. The number of nitrogens with one attached hydrogen (secondary N) is 1. The SMILES string of the molecule is Cc1ccc(-c2nc(C#N)c(N/N=C\c3cccc(Oc4ccccc4)c3)o2)cc1. The maximum absolute atomic E-state index is 9.33. The Morgan fingerprint density at radius 3 is 2.53 bits per heavy atom. The lowest BCUT2D eigenvalue weighted by molar-refractivity contribution is 0.482. The first-order chi connectivity index (χ1) is 14.7. The number of aromatic nitrogens is 1. The van der Waals surface area contributed by atoms with Crippen molar-refractivity contribution in [2.24, 2.45) is 5.10 Å². The van der Waals surface area contributed by atoms with Crippen LogP contribution in [-0.2, 0) is 0 Å². The molecule has 0 aliphatic rings. The Labute approximate surface area is 174 Å². The number of nitriles is 1. The molecular weight excluding hydrogens is 376 g/mol. The third kappa shape index (κ3) is 4.54. The van der Waals surface area contributed by atoms with Crippen LogP contribution in [0.3, 0.4) is 0 Å². The zero-order valence-electron chi connectivity index (χ0n) is 16.2. The number of hydrogen-bond donors (Lipinski definition) is 1. The second-order valence-corrected chi connectivity index (χ2v) is 6.53. The van der Waals surface area contributed by atoms with E-state index >= 15 is 0 Å². The van der Waals surface area contributed by atoms with E-state index in [0.29, 0.717) is 11.6 Å². The molecule has 4 aromatic rings. The van der Waals surface area contributed by atoms with Crippen molar-refractivity contribution < 1.29 is 9.15 Å². The Morgan fingerprint density at radius 1 is 1.00 bits per heavy atom. The van der Waals surface area contributed by atoms with Gasteiger partial charge in [0.1, 0.15) is 17.6 Å². The second kappa shape index (κ2) is 8.76. The minimum absolute atomic E-state index is 0.142. The van der Waals surface area contributed by atoms with E-state index in [2.05, 4.69) is 15.5 Å². The highest BCUT2D eigenvalue weighted by molar-refractivity contribution is 5.80. The molecular formula is C24H18N4O2. The molecule has 0 saturated carbocycles. The highest BCUT2D eigenvalue weighted by Gasteiger charge is 2.13. The van der Waals surface area contributed by atoms with Gasteiger partial charge in [-0.15, -0.1) is 0 Å². The Morgan fingerprint density at radius 2 is 1.77 bits per heavy atom. The van der Waals surface area contributed by atoms with E-state index in [1.807, 2.05) is 91.9 Å². The van der Waals surface area contributed by atoms with Gasteiger partial charge in [0.25, 0.3) is 5.88 Å². The van der Waals surface area contributed by atoms with Gasteiger partial charge in [-0.2, -0.15) is 15.3 Å². The average molecular weight is 394 g/mol. The normalized spacial score (nSPS) is 10.7. The Balaban J connectivity index is 1.47. The van der Waals surface area contributed by atoms with Gasteiger partial charge in [0, 0.05) is 5.56 Å². The summed E-state index contributed by atoms with van der Waals surface area (Å²) in [5.74, 6) is 2.02. The average Bonchev–Trinajstić information content (AvgIpc) is 3.18. The largest absolute Gasteiger partial charge is 0.457 e. The summed E-state index contributed by atoms with van der Waals surface area (Å²) in [6.07, 6.45) is 1.62. The van der Waals surface area contributed by atoms with Crippen molar-refractivity contribution >= 4 is 12.1 Å². The smallest absolute Gasteiger partial charge is 0.252 e. The third-order valence-electron chi connectivity index (χ3n) is 4.25. The van der Waals surface area contributed by atoms with Crippen molar-refractivity contribution in [3.8, 4) is 29.0 Å². The number of benzene rings is 3. The van der Waals surface area contributed by atoms with Crippen LogP contribution in [0.2, 0.25) is 0 Å². The van der Waals surface area contributed by atoms with Gasteiger partial charge >= 0.3 is 0 Å². The summed E-state index contributed by atoms with van der Waals surface area (Å²) in [5.41, 5.74) is 5.65. The predicted molar refractivity (Wildman–Crippen MR) is 116 cm³/mol. The number of oxazole rings is 1. The molecule has 0 atom stereocenters. The summed E-state index contributed by atoms with van der Waals surface area (Å²) in [5, 5.41) is 13.5. The monoisotopic (exact) mass is 394 g/mol. The van der Waals surface area contributed by atoms with E-state index in [4.69, 9.17) is 9.15 Å². The molecule has 146 valence electrons. The number of anilines is 1. The highest BCUT2D eigenvalue weighted by atomic mass is 16.5. The standard InChI is InChI=1S/C24H18N4O2/c1-17-10-12-19(13-11-17)23-27-22(15-25)24(30-23)28-26-16-18-6-5-9-21(14-18)29-20-7-3-2-4-8-20/h2-14,16,28H,1H3/b26-16-. The van der Waals surface area contributed by atoms with Crippen molar-refractivity contribution in [3.05, 3.63) is 95.7 Å². The van der Waals surface area contributed by atoms with Crippen molar-refractivity contribution in [2.45, 2.75) is 6.92 Å². The summed E-state index contributed by atoms with van der Waals surface area (Å²) < 4.78 is 11.5. The molecule has 3 aromatic carbocycles. The van der Waals surface area contributed by atoms with E-state index in [-0.39, 0.29) is 11.6 Å². The fourth-order valence-corrected chi connectivity index (χ4v) is 2.74. The van der Waals surface area contributed by atoms with E-state index in [9.17, 15) is 5.26 Å². The number of para-hydroxylation sites is 1. The number of ether oxygens (including phenoxy) is 1. The molecule has 0 unspecified atom stereocenters. The van der Waals surface area contributed by atoms with Crippen LogP contribution in [0.5, 0.6) is 11.5 Å². The molecule has 4 rings (SSSR count). The molecule has 0 aliphatic carbocycles. The molecule has 0 radical (unpaired) electrons. The third-order valence-corrected chi connectivity index (χ3v) is 4.25. The maximum atomic E-state index is 9.33. The van der Waals surface area contributed by atoms with Crippen LogP contribution >= 0.6 is 0 Å². The second-order valence-electron chi connectivity index (χ2n) is 6.53. The number of hydrogen-bond acceptors (Lipinski definition) is 6. The van der Waals surface area contributed by atoms with Gasteiger partial charge in [0.15, 0.2) is 0 Å². The van der Waals surface area contributed by atoms with Crippen LogP contribution in [-0.4, -0.2) is 11.2 Å². The summed E-state index contributed by atoms with van der Waals surface area (Å²) in [4.78, 5) is 4.23.